The maximum absolute atomic E-state index is 12.4. The second kappa shape index (κ2) is 6.50. The molecular weight excluding hydrogens is 308 g/mol. The molecule has 0 spiro atoms. The number of aliphatic hydroxyl groups is 1. The summed E-state index contributed by atoms with van der Waals surface area (Å²) in [6.07, 6.45) is -0.314. The van der Waals surface area contributed by atoms with Gasteiger partial charge in [-0.3, -0.25) is 9.69 Å². The van der Waals surface area contributed by atoms with Gasteiger partial charge in [-0.05, 0) is 35.0 Å². The van der Waals surface area contributed by atoms with Crippen molar-refractivity contribution in [1.29, 1.82) is 0 Å². The molecule has 1 N–H and O–H groups in total. The van der Waals surface area contributed by atoms with Gasteiger partial charge in [-0.2, -0.15) is 0 Å². The van der Waals surface area contributed by atoms with Crippen LogP contribution in [0.15, 0.2) is 28.7 Å². The van der Waals surface area contributed by atoms with E-state index in [-0.39, 0.29) is 12.0 Å². The van der Waals surface area contributed by atoms with Crippen LogP contribution in [0.5, 0.6) is 0 Å². The third-order valence-corrected chi connectivity index (χ3v) is 3.98. The lowest BCUT2D eigenvalue weighted by Crippen LogP contribution is -2.50. The van der Waals surface area contributed by atoms with E-state index in [9.17, 15) is 9.90 Å². The normalized spacial score (nSPS) is 18.4. The highest BCUT2D eigenvalue weighted by Crippen LogP contribution is 2.18. The molecule has 0 radical (unpaired) electrons. The number of nitrogens with zero attached hydrogens (tertiary/aromatic N) is 2. The topological polar surface area (TPSA) is 43.8 Å². The number of β-amino-alcohol motifs (C(OH)–C–C–N with tert-alkyl or cyclic N) is 1. The first kappa shape index (κ1) is 14.5. The van der Waals surface area contributed by atoms with Gasteiger partial charge < -0.3 is 10.0 Å². The van der Waals surface area contributed by atoms with Gasteiger partial charge in [0.2, 0.25) is 0 Å². The second-order valence-electron chi connectivity index (χ2n) is 4.92. The molecule has 1 atom stereocenters. The lowest BCUT2D eigenvalue weighted by molar-refractivity contribution is 0.0553. The van der Waals surface area contributed by atoms with Gasteiger partial charge in [0.25, 0.3) is 5.91 Å². The van der Waals surface area contributed by atoms with Crippen molar-refractivity contribution in [2.45, 2.75) is 13.0 Å². The molecule has 4 nitrogen and oxygen atoms in total. The zero-order chi connectivity index (χ0) is 13.8. The predicted octanol–water partition coefficient (Wildman–Crippen LogP) is 1.59. The van der Waals surface area contributed by atoms with Crippen LogP contribution >= 0.6 is 15.9 Å². The Balaban J connectivity index is 1.95. The minimum atomic E-state index is -0.314. The SMILES string of the molecule is C[C@H](O)CN1CCN(C(=O)c2ccccc2Br)CC1. The fourth-order valence-electron chi connectivity index (χ4n) is 2.31. The molecule has 104 valence electrons. The van der Waals surface area contributed by atoms with Crippen molar-refractivity contribution in [3.63, 3.8) is 0 Å². The summed E-state index contributed by atoms with van der Waals surface area (Å²) in [5.41, 5.74) is 0.714. The minimum Gasteiger partial charge on any atom is -0.392 e. The van der Waals surface area contributed by atoms with E-state index in [1.54, 1.807) is 6.92 Å². The van der Waals surface area contributed by atoms with Gasteiger partial charge in [-0.25, -0.2) is 0 Å². The van der Waals surface area contributed by atoms with E-state index in [2.05, 4.69) is 20.8 Å². The maximum atomic E-state index is 12.4. The van der Waals surface area contributed by atoms with Crippen molar-refractivity contribution in [2.75, 3.05) is 32.7 Å². The fourth-order valence-corrected chi connectivity index (χ4v) is 2.77. The number of halogens is 1. The van der Waals surface area contributed by atoms with Crippen molar-refractivity contribution < 1.29 is 9.90 Å². The largest absolute Gasteiger partial charge is 0.392 e. The number of aliphatic hydroxyl groups excluding tert-OH is 1. The van der Waals surface area contributed by atoms with Gasteiger partial charge in [0.05, 0.1) is 11.7 Å². The number of carbonyl (C=O) groups excluding carboxylic acids is 1. The van der Waals surface area contributed by atoms with Gasteiger partial charge >= 0.3 is 0 Å². The summed E-state index contributed by atoms with van der Waals surface area (Å²) in [5.74, 6) is 0.0733. The molecule has 19 heavy (non-hydrogen) atoms. The van der Waals surface area contributed by atoms with Gasteiger partial charge in [-0.1, -0.05) is 12.1 Å². The molecule has 0 saturated carbocycles. The summed E-state index contributed by atoms with van der Waals surface area (Å²) in [5, 5.41) is 9.37. The Hall–Kier alpha value is -0.910. The van der Waals surface area contributed by atoms with Gasteiger partial charge in [-0.15, -0.1) is 0 Å². The molecule has 1 aliphatic rings. The molecule has 1 aromatic rings. The highest BCUT2D eigenvalue weighted by Gasteiger charge is 2.23. The molecule has 1 amide bonds. The van der Waals surface area contributed by atoms with Crippen molar-refractivity contribution >= 4 is 21.8 Å². The number of carbonyl (C=O) groups is 1. The lowest BCUT2D eigenvalue weighted by Gasteiger charge is -2.35. The number of hydrogen-bond donors (Lipinski definition) is 1. The third kappa shape index (κ3) is 3.78. The summed E-state index contributed by atoms with van der Waals surface area (Å²) in [4.78, 5) is 16.4. The Kier molecular flexibility index (Phi) is 4.96. The van der Waals surface area contributed by atoms with E-state index in [1.165, 1.54) is 0 Å². The number of amides is 1. The van der Waals surface area contributed by atoms with Gasteiger partial charge in [0, 0.05) is 37.2 Å². The van der Waals surface area contributed by atoms with Crippen LogP contribution in [0.1, 0.15) is 17.3 Å². The highest BCUT2D eigenvalue weighted by molar-refractivity contribution is 9.10. The minimum absolute atomic E-state index is 0.0733. The van der Waals surface area contributed by atoms with Crippen molar-refractivity contribution in [3.05, 3.63) is 34.3 Å². The molecule has 5 heteroatoms. The van der Waals surface area contributed by atoms with Gasteiger partial charge in [0.15, 0.2) is 0 Å². The zero-order valence-corrected chi connectivity index (χ0v) is 12.6. The first-order valence-electron chi connectivity index (χ1n) is 6.52. The number of benzene rings is 1. The first-order chi connectivity index (χ1) is 9.08. The Morgan fingerprint density at radius 2 is 1.95 bits per heavy atom. The summed E-state index contributed by atoms with van der Waals surface area (Å²) in [6, 6.07) is 7.51. The molecule has 1 heterocycles. The number of rotatable bonds is 3. The Morgan fingerprint density at radius 3 is 2.53 bits per heavy atom. The first-order valence-corrected chi connectivity index (χ1v) is 7.31. The van der Waals surface area contributed by atoms with Crippen LogP contribution in [-0.4, -0.2) is 59.6 Å². The molecule has 2 rings (SSSR count). The van der Waals surface area contributed by atoms with Crippen LogP contribution < -0.4 is 0 Å². The summed E-state index contributed by atoms with van der Waals surface area (Å²) >= 11 is 3.42. The summed E-state index contributed by atoms with van der Waals surface area (Å²) in [7, 11) is 0. The Labute approximate surface area is 122 Å². The molecule has 0 aromatic heterocycles. The average molecular weight is 327 g/mol. The summed E-state index contributed by atoms with van der Waals surface area (Å²) < 4.78 is 0.839. The molecular formula is C14H19BrN2O2. The molecule has 0 bridgehead atoms. The Bertz CT molecular complexity index is 443. The molecule has 0 unspecified atom stereocenters. The predicted molar refractivity (Wildman–Crippen MR) is 78.2 cm³/mol. The van der Waals surface area contributed by atoms with Crippen LogP contribution in [0.4, 0.5) is 0 Å². The maximum Gasteiger partial charge on any atom is 0.255 e. The van der Waals surface area contributed by atoms with Crippen molar-refractivity contribution in [1.82, 2.24) is 9.80 Å². The van der Waals surface area contributed by atoms with Crippen molar-refractivity contribution in [2.24, 2.45) is 0 Å². The zero-order valence-electron chi connectivity index (χ0n) is 11.1. The Morgan fingerprint density at radius 1 is 1.32 bits per heavy atom. The van der Waals surface area contributed by atoms with Crippen LogP contribution in [0.3, 0.4) is 0 Å². The molecule has 0 aliphatic carbocycles. The third-order valence-electron chi connectivity index (χ3n) is 3.29. The van der Waals surface area contributed by atoms with E-state index < -0.39 is 0 Å². The monoisotopic (exact) mass is 326 g/mol. The average Bonchev–Trinajstić information content (AvgIpc) is 2.39. The molecule has 1 saturated heterocycles. The fraction of sp³-hybridized carbons (Fsp3) is 0.500. The molecule has 1 aromatic carbocycles. The van der Waals surface area contributed by atoms with Crippen LogP contribution in [0, 0.1) is 0 Å². The van der Waals surface area contributed by atoms with E-state index in [1.807, 2.05) is 29.2 Å². The van der Waals surface area contributed by atoms with Crippen LogP contribution in [0.25, 0.3) is 0 Å². The van der Waals surface area contributed by atoms with E-state index in [4.69, 9.17) is 0 Å². The number of piperazine rings is 1. The van der Waals surface area contributed by atoms with E-state index in [0.29, 0.717) is 25.2 Å². The summed E-state index contributed by atoms with van der Waals surface area (Å²) in [6.45, 7) is 5.54. The van der Waals surface area contributed by atoms with Gasteiger partial charge in [0.1, 0.15) is 0 Å². The quantitative estimate of drug-likeness (QED) is 0.917. The smallest absolute Gasteiger partial charge is 0.255 e. The van der Waals surface area contributed by atoms with E-state index in [0.717, 1.165) is 17.6 Å². The molecule has 1 aliphatic heterocycles. The molecule has 1 fully saturated rings. The second-order valence-corrected chi connectivity index (χ2v) is 5.78. The standard InChI is InChI=1S/C14H19BrN2O2/c1-11(18)10-16-6-8-17(9-7-16)14(19)12-4-2-3-5-13(12)15/h2-5,11,18H,6-10H2,1H3/t11-/m0/s1. The van der Waals surface area contributed by atoms with E-state index >= 15 is 0 Å². The van der Waals surface area contributed by atoms with Crippen molar-refractivity contribution in [3.8, 4) is 0 Å². The lowest BCUT2D eigenvalue weighted by atomic mass is 10.2. The van der Waals surface area contributed by atoms with Crippen LogP contribution in [-0.2, 0) is 0 Å². The van der Waals surface area contributed by atoms with Crippen LogP contribution in [0.2, 0.25) is 0 Å². The number of hydrogen-bond acceptors (Lipinski definition) is 3. The highest BCUT2D eigenvalue weighted by atomic mass is 79.9.